The lowest BCUT2D eigenvalue weighted by molar-refractivity contribution is -0.223. The van der Waals surface area contributed by atoms with Crippen LogP contribution in [0.5, 0.6) is 0 Å². The van der Waals surface area contributed by atoms with Gasteiger partial charge in [-0.15, -0.1) is 23.5 Å². The quantitative estimate of drug-likeness (QED) is 0.764. The molecule has 2 aliphatic heterocycles. The van der Waals surface area contributed by atoms with Gasteiger partial charge in [-0.2, -0.15) is 0 Å². The third-order valence-electron chi connectivity index (χ3n) is 2.65. The van der Waals surface area contributed by atoms with Gasteiger partial charge in [-0.3, -0.25) is 0 Å². The maximum Gasteiger partial charge on any atom is 0.157 e. The van der Waals surface area contributed by atoms with E-state index < -0.39 is 0 Å². The Morgan fingerprint density at radius 3 is 2.27 bits per heavy atom. The number of thioether (sulfide) groups is 2. The highest BCUT2D eigenvalue weighted by molar-refractivity contribution is 8.20. The van der Waals surface area contributed by atoms with Gasteiger partial charge in [-0.25, -0.2) is 0 Å². The predicted molar refractivity (Wildman–Crippen MR) is 67.4 cm³/mol. The highest BCUT2D eigenvalue weighted by Crippen LogP contribution is 2.36. The molecule has 0 N–H and O–H groups in total. The van der Waals surface area contributed by atoms with Crippen molar-refractivity contribution in [3.05, 3.63) is 0 Å². The van der Waals surface area contributed by atoms with Crippen molar-refractivity contribution in [2.24, 2.45) is 5.41 Å². The summed E-state index contributed by atoms with van der Waals surface area (Å²) in [5.74, 6) is 2.63. The van der Waals surface area contributed by atoms with Crippen LogP contribution in [0.2, 0.25) is 0 Å². The van der Waals surface area contributed by atoms with Crippen molar-refractivity contribution in [1.82, 2.24) is 0 Å². The molecule has 0 aromatic rings. The molecule has 0 aromatic carbocycles. The molecule has 0 radical (unpaired) electrons. The van der Waals surface area contributed by atoms with E-state index >= 15 is 0 Å². The lowest BCUT2D eigenvalue weighted by Crippen LogP contribution is -2.37. The van der Waals surface area contributed by atoms with Crippen LogP contribution in [-0.2, 0) is 9.47 Å². The zero-order valence-electron chi connectivity index (χ0n) is 9.53. The number of ether oxygens (including phenoxy) is 2. The highest BCUT2D eigenvalue weighted by Gasteiger charge is 2.29. The average molecular weight is 248 g/mol. The van der Waals surface area contributed by atoms with Crippen molar-refractivity contribution >= 4 is 23.5 Å². The Kier molecular flexibility index (Phi) is 4.27. The molecule has 0 unspecified atom stereocenters. The summed E-state index contributed by atoms with van der Waals surface area (Å²) in [7, 11) is 0. The van der Waals surface area contributed by atoms with Gasteiger partial charge >= 0.3 is 0 Å². The maximum absolute atomic E-state index is 5.71. The predicted octanol–water partition coefficient (Wildman–Crippen LogP) is 2.97. The van der Waals surface area contributed by atoms with E-state index in [0.717, 1.165) is 24.2 Å². The SMILES string of the molecule is CC1(C)COC(CCC2SCCS2)OC1. The number of hydrogen-bond donors (Lipinski definition) is 0. The van der Waals surface area contributed by atoms with E-state index in [2.05, 4.69) is 37.4 Å². The summed E-state index contributed by atoms with van der Waals surface area (Å²) in [6, 6.07) is 0. The molecule has 0 saturated carbocycles. The molecule has 15 heavy (non-hydrogen) atoms. The van der Waals surface area contributed by atoms with E-state index in [9.17, 15) is 0 Å². The lowest BCUT2D eigenvalue weighted by atomic mass is 9.95. The van der Waals surface area contributed by atoms with Crippen molar-refractivity contribution in [2.75, 3.05) is 24.7 Å². The summed E-state index contributed by atoms with van der Waals surface area (Å²) in [5, 5.41) is 0. The van der Waals surface area contributed by atoms with Gasteiger partial charge < -0.3 is 9.47 Å². The first-order valence-electron chi connectivity index (χ1n) is 5.62. The van der Waals surface area contributed by atoms with E-state index in [4.69, 9.17) is 9.47 Å². The van der Waals surface area contributed by atoms with Crippen molar-refractivity contribution in [1.29, 1.82) is 0 Å². The first-order chi connectivity index (χ1) is 7.16. The monoisotopic (exact) mass is 248 g/mol. The fourth-order valence-electron chi connectivity index (χ4n) is 1.74. The molecule has 0 bridgehead atoms. The molecule has 2 fully saturated rings. The zero-order valence-corrected chi connectivity index (χ0v) is 11.2. The third-order valence-corrected chi connectivity index (χ3v) is 5.82. The Labute approximate surface area is 101 Å². The first-order valence-corrected chi connectivity index (χ1v) is 7.72. The summed E-state index contributed by atoms with van der Waals surface area (Å²) >= 11 is 4.17. The summed E-state index contributed by atoms with van der Waals surface area (Å²) in [6.07, 6.45) is 2.33. The van der Waals surface area contributed by atoms with Crippen molar-refractivity contribution in [2.45, 2.75) is 37.6 Å². The molecule has 0 spiro atoms. The third kappa shape index (κ3) is 3.84. The van der Waals surface area contributed by atoms with Crippen molar-refractivity contribution < 1.29 is 9.47 Å². The molecule has 2 aliphatic rings. The van der Waals surface area contributed by atoms with Gasteiger partial charge in [0.25, 0.3) is 0 Å². The molecule has 4 heteroatoms. The van der Waals surface area contributed by atoms with Crippen LogP contribution >= 0.6 is 23.5 Å². The molecule has 0 aliphatic carbocycles. The molecule has 2 saturated heterocycles. The molecule has 88 valence electrons. The van der Waals surface area contributed by atoms with Gasteiger partial charge in [-0.05, 0) is 6.42 Å². The van der Waals surface area contributed by atoms with Crippen LogP contribution < -0.4 is 0 Å². The lowest BCUT2D eigenvalue weighted by Gasteiger charge is -2.34. The largest absolute Gasteiger partial charge is 0.352 e. The van der Waals surface area contributed by atoms with Gasteiger partial charge in [-0.1, -0.05) is 13.8 Å². The molecular formula is C11H20O2S2. The fraction of sp³-hybridized carbons (Fsp3) is 1.00. The Balaban J connectivity index is 1.64. The second kappa shape index (κ2) is 5.30. The van der Waals surface area contributed by atoms with Crippen LogP contribution in [0.1, 0.15) is 26.7 Å². The van der Waals surface area contributed by atoms with Crippen LogP contribution in [0.3, 0.4) is 0 Å². The second-order valence-corrected chi connectivity index (χ2v) is 7.88. The Morgan fingerprint density at radius 2 is 1.67 bits per heavy atom. The van der Waals surface area contributed by atoms with E-state index in [1.54, 1.807) is 0 Å². The van der Waals surface area contributed by atoms with Gasteiger partial charge in [0.05, 0.1) is 17.8 Å². The summed E-state index contributed by atoms with van der Waals surface area (Å²) in [5.41, 5.74) is 0.202. The second-order valence-electron chi connectivity index (χ2n) is 4.96. The van der Waals surface area contributed by atoms with Gasteiger partial charge in [0, 0.05) is 23.3 Å². The average Bonchev–Trinajstić information content (AvgIpc) is 2.69. The van der Waals surface area contributed by atoms with Gasteiger partial charge in [0.1, 0.15) is 0 Å². The zero-order chi connectivity index (χ0) is 10.7. The molecular weight excluding hydrogens is 228 g/mol. The topological polar surface area (TPSA) is 18.5 Å². The summed E-state index contributed by atoms with van der Waals surface area (Å²) in [6.45, 7) is 6.04. The van der Waals surface area contributed by atoms with E-state index in [1.165, 1.54) is 17.9 Å². The van der Waals surface area contributed by atoms with E-state index in [0.29, 0.717) is 0 Å². The minimum absolute atomic E-state index is 0.0554. The summed E-state index contributed by atoms with van der Waals surface area (Å²) < 4.78 is 12.2. The van der Waals surface area contributed by atoms with E-state index in [1.807, 2.05) is 0 Å². The molecule has 0 amide bonds. The van der Waals surface area contributed by atoms with Crippen LogP contribution in [-0.4, -0.2) is 35.6 Å². The van der Waals surface area contributed by atoms with E-state index in [-0.39, 0.29) is 11.7 Å². The fourth-order valence-corrected chi connectivity index (χ4v) is 4.60. The van der Waals surface area contributed by atoms with Crippen molar-refractivity contribution in [3.8, 4) is 0 Å². The molecule has 2 heterocycles. The van der Waals surface area contributed by atoms with Gasteiger partial charge in [0.2, 0.25) is 0 Å². The van der Waals surface area contributed by atoms with Gasteiger partial charge in [0.15, 0.2) is 6.29 Å². The van der Waals surface area contributed by atoms with Crippen LogP contribution in [0.25, 0.3) is 0 Å². The smallest absolute Gasteiger partial charge is 0.157 e. The number of hydrogen-bond acceptors (Lipinski definition) is 4. The molecule has 2 rings (SSSR count). The molecule has 0 atom stereocenters. The Bertz CT molecular complexity index is 193. The summed E-state index contributed by atoms with van der Waals surface area (Å²) in [4.78, 5) is 0. The highest BCUT2D eigenvalue weighted by atomic mass is 32.2. The molecule has 0 aromatic heterocycles. The van der Waals surface area contributed by atoms with Crippen LogP contribution in [0.15, 0.2) is 0 Å². The maximum atomic E-state index is 5.71. The standard InChI is InChI=1S/C11H20O2S2/c1-11(2)7-12-9(13-8-11)3-4-10-14-5-6-15-10/h9-10H,3-8H2,1-2H3. The normalized spacial score (nSPS) is 28.4. The minimum Gasteiger partial charge on any atom is -0.352 e. The number of rotatable bonds is 3. The molecule has 2 nitrogen and oxygen atoms in total. The Morgan fingerprint density at radius 1 is 1.07 bits per heavy atom. The van der Waals surface area contributed by atoms with Crippen LogP contribution in [0.4, 0.5) is 0 Å². The van der Waals surface area contributed by atoms with Crippen LogP contribution in [0, 0.1) is 5.41 Å². The first kappa shape index (κ1) is 12.1. The Hall–Kier alpha value is 0.620. The van der Waals surface area contributed by atoms with Crippen molar-refractivity contribution in [3.63, 3.8) is 0 Å². The minimum atomic E-state index is 0.0554.